The molecule has 16 nitrogen and oxygen atoms in total. The topological polar surface area (TPSA) is 174 Å². The molecule has 3 aromatic carbocycles. The van der Waals surface area contributed by atoms with Gasteiger partial charge in [-0.2, -0.15) is 0 Å². The SMILES string of the molecule is C#Cc1c(F)ccc2cccc(-c3ncc4c(c3F)NC(OC[C@@]35CCCN3[C@H](COC(=O)N3CCC(OCCC#Cc6ccc(NC7CCC(=O)NC7=O)c(NC)c6)CC3)CC5)N=C4N3CC4CCC(C3)N4)c12. The van der Waals surface area contributed by atoms with Crippen LogP contribution in [0.2, 0.25) is 0 Å². The van der Waals surface area contributed by atoms with Crippen LogP contribution in [0.3, 0.4) is 0 Å². The van der Waals surface area contributed by atoms with Crippen LogP contribution in [-0.2, 0) is 23.8 Å². The molecule has 0 radical (unpaired) electrons. The van der Waals surface area contributed by atoms with Crippen LogP contribution in [0.25, 0.3) is 22.0 Å². The number of rotatable bonds is 12. The molecule has 6 atom stereocenters. The van der Waals surface area contributed by atoms with Gasteiger partial charge in [0.1, 0.15) is 30.0 Å². The Balaban J connectivity index is 0.678. The number of fused-ring (bicyclic) bond motifs is 5. The van der Waals surface area contributed by atoms with E-state index in [0.717, 1.165) is 75.1 Å². The lowest BCUT2D eigenvalue weighted by molar-refractivity contribution is -0.133. The summed E-state index contributed by atoms with van der Waals surface area (Å²) in [5.74, 6) is 7.79. The first-order valence-electron chi connectivity index (χ1n) is 26.1. The molecule has 0 aliphatic carbocycles. The average molecular weight is 1010 g/mol. The first kappa shape index (κ1) is 49.4. The molecule has 18 heteroatoms. The normalized spacial score (nSPS) is 25.5. The van der Waals surface area contributed by atoms with Crippen molar-refractivity contribution < 1.29 is 37.4 Å². The predicted octanol–water partition coefficient (Wildman–Crippen LogP) is 6.39. The van der Waals surface area contributed by atoms with Crippen LogP contribution in [-0.4, -0.2) is 145 Å². The van der Waals surface area contributed by atoms with Crippen molar-refractivity contribution in [3.63, 3.8) is 0 Å². The van der Waals surface area contributed by atoms with Crippen molar-refractivity contribution in [2.45, 2.75) is 113 Å². The van der Waals surface area contributed by atoms with Crippen LogP contribution in [0.4, 0.5) is 30.6 Å². The maximum absolute atomic E-state index is 17.2. The number of piperidine rings is 2. The van der Waals surface area contributed by atoms with Crippen LogP contribution >= 0.6 is 0 Å². The second kappa shape index (κ2) is 21.2. The number of piperazine rings is 1. The van der Waals surface area contributed by atoms with Crippen molar-refractivity contribution >= 4 is 51.6 Å². The molecule has 386 valence electrons. The molecule has 1 aromatic heterocycles. The number of halogens is 2. The molecule has 74 heavy (non-hydrogen) atoms. The summed E-state index contributed by atoms with van der Waals surface area (Å²) in [7, 11) is 1.81. The van der Waals surface area contributed by atoms with Crippen molar-refractivity contribution in [1.29, 1.82) is 0 Å². The number of anilines is 3. The number of carbonyl (C=O) groups is 3. The fourth-order valence-corrected chi connectivity index (χ4v) is 12.2. The Kier molecular flexibility index (Phi) is 14.1. The van der Waals surface area contributed by atoms with E-state index in [4.69, 9.17) is 25.6 Å². The number of likely N-dealkylation sites (tertiary alicyclic amines) is 2. The molecule has 0 spiro atoms. The van der Waals surface area contributed by atoms with Gasteiger partial charge in [-0.1, -0.05) is 42.0 Å². The van der Waals surface area contributed by atoms with Gasteiger partial charge >= 0.3 is 6.09 Å². The Morgan fingerprint density at radius 1 is 0.959 bits per heavy atom. The van der Waals surface area contributed by atoms with Crippen molar-refractivity contribution in [2.24, 2.45) is 4.99 Å². The number of carbonyl (C=O) groups excluding carboxylic acids is 3. The van der Waals surface area contributed by atoms with Gasteiger partial charge in [0.15, 0.2) is 5.82 Å². The molecular formula is C56H62F2N10O6. The number of aliphatic imine (C=N–C) groups is 1. The largest absolute Gasteiger partial charge is 0.448 e. The lowest BCUT2D eigenvalue weighted by Crippen LogP contribution is -2.54. The second-order valence-electron chi connectivity index (χ2n) is 20.5. The fourth-order valence-electron chi connectivity index (χ4n) is 12.2. The lowest BCUT2D eigenvalue weighted by Gasteiger charge is -2.39. The Bertz CT molecular complexity index is 2970. The van der Waals surface area contributed by atoms with E-state index in [1.807, 2.05) is 24.3 Å². The summed E-state index contributed by atoms with van der Waals surface area (Å²) in [6, 6.07) is 14.2. The molecule has 7 aliphatic heterocycles. The Hall–Kier alpha value is -6.83. The number of nitrogens with zero attached hydrogens (tertiary/aromatic N) is 5. The summed E-state index contributed by atoms with van der Waals surface area (Å²) >= 11 is 0. The molecule has 4 aromatic rings. The minimum absolute atomic E-state index is 0.0291. The van der Waals surface area contributed by atoms with E-state index in [1.54, 1.807) is 36.3 Å². The maximum atomic E-state index is 17.2. The van der Waals surface area contributed by atoms with E-state index in [-0.39, 0.29) is 59.1 Å². The molecule has 7 aliphatic rings. The van der Waals surface area contributed by atoms with Crippen molar-refractivity contribution in [2.75, 3.05) is 75.5 Å². The van der Waals surface area contributed by atoms with Gasteiger partial charge in [-0.15, -0.1) is 6.42 Å². The van der Waals surface area contributed by atoms with Gasteiger partial charge in [-0.05, 0) is 94.0 Å². The van der Waals surface area contributed by atoms with Crippen molar-refractivity contribution in [3.05, 3.63) is 83.1 Å². The van der Waals surface area contributed by atoms with Crippen LogP contribution in [0.5, 0.6) is 0 Å². The monoisotopic (exact) mass is 1010 g/mol. The molecule has 4 unspecified atom stereocenters. The Labute approximate surface area is 429 Å². The highest BCUT2D eigenvalue weighted by atomic mass is 19.1. The standard InChI is InChI=1S/C56H62F2N10O6/c1-3-40-43(57)15-12-35-9-6-10-41(48(35)40)50-49(58)51-42(29-60-50)52(67-30-36-13-14-37(31-67)61-36)65-54(64-51)74-33-56-22-7-24-68(56)38(19-23-56)32-73-55(71)66-25-20-39(21-26-66)72-27-5-4-8-34-11-16-44(46(28-34)59-2)62-45-17-18-47(69)63-53(45)70/h1,6,9-12,15-16,28-29,36-39,45,54,59,61-62,64H,5,7,13-14,17-27,30-33H2,2H3,(H,63,69,70)/t36?,37?,38-,45?,54?,56-/m0/s1. The number of amides is 3. The Morgan fingerprint density at radius 3 is 2.59 bits per heavy atom. The highest BCUT2D eigenvalue weighted by molar-refractivity contribution is 6.07. The number of ether oxygens (including phenoxy) is 3. The van der Waals surface area contributed by atoms with Crippen LogP contribution in [0, 0.1) is 35.8 Å². The summed E-state index contributed by atoms with van der Waals surface area (Å²) < 4.78 is 51.2. The number of aromatic nitrogens is 1. The zero-order valence-corrected chi connectivity index (χ0v) is 41.6. The summed E-state index contributed by atoms with van der Waals surface area (Å²) in [6.07, 6.45) is 14.8. The minimum atomic E-state index is -0.885. The molecule has 6 saturated heterocycles. The highest BCUT2D eigenvalue weighted by Crippen LogP contribution is 2.44. The van der Waals surface area contributed by atoms with Crippen molar-refractivity contribution in [3.8, 4) is 35.4 Å². The third-order valence-electron chi connectivity index (χ3n) is 16.0. The highest BCUT2D eigenvalue weighted by Gasteiger charge is 2.50. The molecule has 3 amide bonds. The Morgan fingerprint density at radius 2 is 1.80 bits per heavy atom. The van der Waals surface area contributed by atoms with Crippen LogP contribution < -0.4 is 26.6 Å². The van der Waals surface area contributed by atoms with E-state index in [2.05, 4.69) is 59.1 Å². The van der Waals surface area contributed by atoms with Gasteiger partial charge in [-0.3, -0.25) is 24.8 Å². The number of hydrogen-bond donors (Lipinski definition) is 5. The third kappa shape index (κ3) is 9.96. The van der Waals surface area contributed by atoms with Gasteiger partial charge in [0, 0.05) is 92.4 Å². The first-order valence-corrected chi connectivity index (χ1v) is 26.1. The second-order valence-corrected chi connectivity index (χ2v) is 20.5. The van der Waals surface area contributed by atoms with E-state index in [9.17, 15) is 14.4 Å². The minimum Gasteiger partial charge on any atom is -0.448 e. The molecule has 2 bridgehead atoms. The number of nitrogens with one attached hydrogen (secondary N) is 5. The predicted molar refractivity (Wildman–Crippen MR) is 277 cm³/mol. The summed E-state index contributed by atoms with van der Waals surface area (Å²) in [6.45, 7) is 4.54. The summed E-state index contributed by atoms with van der Waals surface area (Å²) in [5, 5.41) is 16.8. The number of terminal acetylenes is 1. The average Bonchev–Trinajstić information content (AvgIpc) is 4.10. The van der Waals surface area contributed by atoms with Gasteiger partial charge in [0.25, 0.3) is 0 Å². The zero-order chi connectivity index (χ0) is 50.9. The molecule has 0 saturated carbocycles. The van der Waals surface area contributed by atoms with Gasteiger partial charge in [0.2, 0.25) is 18.2 Å². The molecule has 8 heterocycles. The number of benzene rings is 3. The van der Waals surface area contributed by atoms with E-state index in [0.29, 0.717) is 98.2 Å². The third-order valence-corrected chi connectivity index (χ3v) is 16.0. The molecule has 6 fully saturated rings. The summed E-state index contributed by atoms with van der Waals surface area (Å²) in [5.41, 5.74) is 3.41. The van der Waals surface area contributed by atoms with Crippen molar-refractivity contribution in [1.82, 2.24) is 30.3 Å². The first-order chi connectivity index (χ1) is 36.1. The number of amidine groups is 1. The van der Waals surface area contributed by atoms with Crippen LogP contribution in [0.1, 0.15) is 87.3 Å². The number of imide groups is 1. The zero-order valence-electron chi connectivity index (χ0n) is 41.6. The smallest absolute Gasteiger partial charge is 0.409 e. The lowest BCUT2D eigenvalue weighted by atomic mass is 9.95. The van der Waals surface area contributed by atoms with Gasteiger partial charge in [0.05, 0.1) is 47.5 Å². The van der Waals surface area contributed by atoms with E-state index >= 15 is 8.78 Å². The summed E-state index contributed by atoms with van der Waals surface area (Å²) in [4.78, 5) is 53.4. The maximum Gasteiger partial charge on any atom is 0.409 e. The fraction of sp³-hybridized carbons (Fsp3) is 0.482. The number of hydrogen-bond acceptors (Lipinski definition) is 14. The van der Waals surface area contributed by atoms with E-state index in [1.165, 1.54) is 6.07 Å². The molecular weight excluding hydrogens is 947 g/mol. The molecule has 11 rings (SSSR count). The number of pyridine rings is 1. The molecule has 5 N–H and O–H groups in total. The van der Waals surface area contributed by atoms with Gasteiger partial charge in [-0.25, -0.2) is 18.6 Å². The quantitative estimate of drug-likeness (QED) is 0.0602. The van der Waals surface area contributed by atoms with Crippen LogP contribution in [0.15, 0.2) is 59.7 Å². The van der Waals surface area contributed by atoms with E-state index < -0.39 is 24.0 Å². The van der Waals surface area contributed by atoms with Gasteiger partial charge < -0.3 is 45.3 Å².